The normalized spacial score (nSPS) is 26.7. The molecule has 2 fully saturated rings. The van der Waals surface area contributed by atoms with Gasteiger partial charge in [-0.15, -0.1) is 0 Å². The van der Waals surface area contributed by atoms with Crippen molar-refractivity contribution < 1.29 is 9.53 Å². The predicted molar refractivity (Wildman–Crippen MR) is 75.0 cm³/mol. The lowest BCUT2D eigenvalue weighted by Crippen LogP contribution is -2.46. The van der Waals surface area contributed by atoms with E-state index in [9.17, 15) is 4.79 Å². The first kappa shape index (κ1) is 14.6. The van der Waals surface area contributed by atoms with Crippen molar-refractivity contribution in [2.45, 2.75) is 57.7 Å². The molecule has 2 aliphatic rings. The van der Waals surface area contributed by atoms with Crippen molar-refractivity contribution in [2.24, 2.45) is 5.73 Å². The largest absolute Gasteiger partial charge is 0.444 e. The van der Waals surface area contributed by atoms with Gasteiger partial charge in [-0.05, 0) is 53.1 Å². The zero-order valence-corrected chi connectivity index (χ0v) is 12.4. The van der Waals surface area contributed by atoms with Gasteiger partial charge < -0.3 is 15.4 Å². The molecule has 0 aliphatic carbocycles. The molecule has 0 saturated carbocycles. The molecule has 19 heavy (non-hydrogen) atoms. The Balaban J connectivity index is 1.81. The summed E-state index contributed by atoms with van der Waals surface area (Å²) in [5, 5.41) is 0. The number of amides is 1. The fourth-order valence-corrected chi connectivity index (χ4v) is 2.82. The number of hydrogen-bond donors (Lipinski definition) is 1. The highest BCUT2D eigenvalue weighted by atomic mass is 16.6. The summed E-state index contributed by atoms with van der Waals surface area (Å²) in [7, 11) is 0. The van der Waals surface area contributed by atoms with E-state index in [0.717, 1.165) is 45.4 Å². The van der Waals surface area contributed by atoms with Crippen LogP contribution in [0, 0.1) is 0 Å². The average molecular weight is 269 g/mol. The van der Waals surface area contributed by atoms with Gasteiger partial charge in [0.05, 0.1) is 0 Å². The topological polar surface area (TPSA) is 58.8 Å². The summed E-state index contributed by atoms with van der Waals surface area (Å²) in [5.74, 6) is 0. The van der Waals surface area contributed by atoms with E-state index in [2.05, 4.69) is 4.90 Å². The van der Waals surface area contributed by atoms with Gasteiger partial charge in [0.15, 0.2) is 0 Å². The third kappa shape index (κ3) is 4.08. The molecule has 2 heterocycles. The van der Waals surface area contributed by atoms with Gasteiger partial charge in [0.2, 0.25) is 0 Å². The molecule has 2 aliphatic heterocycles. The summed E-state index contributed by atoms with van der Waals surface area (Å²) in [6, 6.07) is 0.847. The third-order valence-electron chi connectivity index (χ3n) is 3.91. The fourth-order valence-electron chi connectivity index (χ4n) is 2.82. The van der Waals surface area contributed by atoms with Gasteiger partial charge in [-0.1, -0.05) is 0 Å². The Bertz CT molecular complexity index is 319. The van der Waals surface area contributed by atoms with Gasteiger partial charge in [-0.2, -0.15) is 0 Å². The molecule has 5 heteroatoms. The molecule has 2 rings (SSSR count). The maximum Gasteiger partial charge on any atom is 0.410 e. The average Bonchev–Trinajstić information content (AvgIpc) is 2.77. The van der Waals surface area contributed by atoms with Gasteiger partial charge in [0, 0.05) is 25.2 Å². The highest BCUT2D eigenvalue weighted by molar-refractivity contribution is 5.68. The maximum atomic E-state index is 12.0. The SMILES string of the molecule is CC(C)(C)OC(=O)N1CC[C@@H](N2CCC(N)CC2)C1. The fraction of sp³-hybridized carbons (Fsp3) is 0.929. The minimum Gasteiger partial charge on any atom is -0.444 e. The Morgan fingerprint density at radius 1 is 1.16 bits per heavy atom. The monoisotopic (exact) mass is 269 g/mol. The predicted octanol–water partition coefficient (Wildman–Crippen LogP) is 1.42. The maximum absolute atomic E-state index is 12.0. The van der Waals surface area contributed by atoms with Crippen LogP contribution >= 0.6 is 0 Å². The molecule has 2 saturated heterocycles. The first-order valence-corrected chi connectivity index (χ1v) is 7.33. The number of rotatable bonds is 1. The van der Waals surface area contributed by atoms with Gasteiger partial charge in [0.25, 0.3) is 0 Å². The van der Waals surface area contributed by atoms with Gasteiger partial charge in [0.1, 0.15) is 5.60 Å². The van der Waals surface area contributed by atoms with Gasteiger partial charge in [-0.3, -0.25) is 4.90 Å². The Kier molecular flexibility index (Phi) is 4.36. The van der Waals surface area contributed by atoms with Crippen molar-refractivity contribution in [1.82, 2.24) is 9.80 Å². The van der Waals surface area contributed by atoms with E-state index in [-0.39, 0.29) is 6.09 Å². The summed E-state index contributed by atoms with van der Waals surface area (Å²) < 4.78 is 5.42. The van der Waals surface area contributed by atoms with Crippen LogP contribution in [0.2, 0.25) is 0 Å². The van der Waals surface area contributed by atoms with Crippen molar-refractivity contribution in [3.05, 3.63) is 0 Å². The summed E-state index contributed by atoms with van der Waals surface area (Å²) in [4.78, 5) is 16.3. The Labute approximate surface area is 116 Å². The molecule has 0 radical (unpaired) electrons. The van der Waals surface area contributed by atoms with Crippen LogP contribution in [0.15, 0.2) is 0 Å². The van der Waals surface area contributed by atoms with E-state index < -0.39 is 5.60 Å². The number of piperidine rings is 1. The first-order valence-electron chi connectivity index (χ1n) is 7.33. The van der Waals surface area contributed by atoms with Crippen LogP contribution in [0.5, 0.6) is 0 Å². The summed E-state index contributed by atoms with van der Waals surface area (Å²) in [6.07, 6.45) is 3.02. The van der Waals surface area contributed by atoms with E-state index in [0.29, 0.717) is 12.1 Å². The highest BCUT2D eigenvalue weighted by Gasteiger charge is 2.33. The smallest absolute Gasteiger partial charge is 0.410 e. The Hall–Kier alpha value is -0.810. The molecular formula is C14H27N3O2. The second kappa shape index (κ2) is 5.67. The molecular weight excluding hydrogens is 242 g/mol. The van der Waals surface area contributed by atoms with E-state index >= 15 is 0 Å². The molecule has 0 aromatic heterocycles. The van der Waals surface area contributed by atoms with E-state index in [1.807, 2.05) is 25.7 Å². The first-order chi connectivity index (χ1) is 8.85. The van der Waals surface area contributed by atoms with Gasteiger partial charge >= 0.3 is 6.09 Å². The van der Waals surface area contributed by atoms with Crippen LogP contribution in [0.25, 0.3) is 0 Å². The van der Waals surface area contributed by atoms with Crippen molar-refractivity contribution in [2.75, 3.05) is 26.2 Å². The molecule has 5 nitrogen and oxygen atoms in total. The van der Waals surface area contributed by atoms with Crippen molar-refractivity contribution in [1.29, 1.82) is 0 Å². The van der Waals surface area contributed by atoms with Crippen LogP contribution in [-0.4, -0.2) is 59.8 Å². The summed E-state index contributed by atoms with van der Waals surface area (Å²) in [5.41, 5.74) is 5.52. The van der Waals surface area contributed by atoms with Gasteiger partial charge in [-0.25, -0.2) is 4.79 Å². The van der Waals surface area contributed by atoms with Crippen LogP contribution in [0.4, 0.5) is 4.79 Å². The Morgan fingerprint density at radius 2 is 1.79 bits per heavy atom. The molecule has 1 amide bonds. The number of nitrogens with zero attached hydrogens (tertiary/aromatic N) is 2. The molecule has 0 aromatic carbocycles. The molecule has 0 spiro atoms. The number of nitrogens with two attached hydrogens (primary N) is 1. The summed E-state index contributed by atoms with van der Waals surface area (Å²) >= 11 is 0. The number of carbonyl (C=O) groups is 1. The van der Waals surface area contributed by atoms with Crippen LogP contribution < -0.4 is 5.73 Å². The van der Waals surface area contributed by atoms with Crippen LogP contribution in [0.3, 0.4) is 0 Å². The second-order valence-corrected chi connectivity index (χ2v) is 6.74. The molecule has 0 bridgehead atoms. The lowest BCUT2D eigenvalue weighted by atomic mass is 10.0. The Morgan fingerprint density at radius 3 is 2.37 bits per heavy atom. The van der Waals surface area contributed by atoms with E-state index in [4.69, 9.17) is 10.5 Å². The van der Waals surface area contributed by atoms with Crippen LogP contribution in [0.1, 0.15) is 40.0 Å². The molecule has 1 atom stereocenters. The molecule has 110 valence electrons. The number of hydrogen-bond acceptors (Lipinski definition) is 4. The zero-order valence-electron chi connectivity index (χ0n) is 12.4. The minimum atomic E-state index is -0.410. The van der Waals surface area contributed by atoms with Crippen molar-refractivity contribution in [3.8, 4) is 0 Å². The van der Waals surface area contributed by atoms with Crippen LogP contribution in [-0.2, 0) is 4.74 Å². The molecule has 0 unspecified atom stereocenters. The minimum absolute atomic E-state index is 0.177. The zero-order chi connectivity index (χ0) is 14.0. The van der Waals surface area contributed by atoms with Crippen molar-refractivity contribution in [3.63, 3.8) is 0 Å². The second-order valence-electron chi connectivity index (χ2n) is 6.74. The quantitative estimate of drug-likeness (QED) is 0.782. The lowest BCUT2D eigenvalue weighted by Gasteiger charge is -2.34. The number of carbonyl (C=O) groups excluding carboxylic acids is 1. The van der Waals surface area contributed by atoms with E-state index in [1.54, 1.807) is 0 Å². The van der Waals surface area contributed by atoms with Crippen molar-refractivity contribution >= 4 is 6.09 Å². The summed E-state index contributed by atoms with van der Waals surface area (Å²) in [6.45, 7) is 9.45. The molecule has 2 N–H and O–H groups in total. The lowest BCUT2D eigenvalue weighted by molar-refractivity contribution is 0.0276. The van der Waals surface area contributed by atoms with E-state index in [1.165, 1.54) is 0 Å². The third-order valence-corrected chi connectivity index (χ3v) is 3.91. The number of ether oxygens (including phenoxy) is 1. The molecule has 0 aromatic rings. The number of likely N-dealkylation sites (tertiary alicyclic amines) is 2. The standard InChI is InChI=1S/C14H27N3O2/c1-14(2,3)19-13(18)17-9-6-12(10-17)16-7-4-11(15)5-8-16/h11-12H,4-10,15H2,1-3H3/t12-/m1/s1. The highest BCUT2D eigenvalue weighted by Crippen LogP contribution is 2.21.